The Balaban J connectivity index is 1.86. The molecule has 0 aliphatic carbocycles. The van der Waals surface area contributed by atoms with Crippen molar-refractivity contribution >= 4 is 23.5 Å². The molecule has 0 saturated carbocycles. The molecule has 0 unspecified atom stereocenters. The van der Waals surface area contributed by atoms with E-state index in [1.165, 1.54) is 17.7 Å². The average Bonchev–Trinajstić information content (AvgIpc) is 2.66. The number of carboxylic acids is 1. The van der Waals surface area contributed by atoms with E-state index in [1.807, 2.05) is 12.1 Å². The van der Waals surface area contributed by atoms with Crippen molar-refractivity contribution in [2.75, 3.05) is 11.9 Å². The number of amides is 2. The van der Waals surface area contributed by atoms with Crippen molar-refractivity contribution in [2.45, 2.75) is 32.6 Å². The van der Waals surface area contributed by atoms with Crippen molar-refractivity contribution in [3.63, 3.8) is 0 Å². The summed E-state index contributed by atoms with van der Waals surface area (Å²) >= 11 is 0. The average molecular weight is 368 g/mol. The zero-order chi connectivity index (χ0) is 19.6. The van der Waals surface area contributed by atoms with Gasteiger partial charge in [0.05, 0.1) is 6.42 Å². The highest BCUT2D eigenvalue weighted by Crippen LogP contribution is 2.12. The summed E-state index contributed by atoms with van der Waals surface area (Å²) in [6, 6.07) is 14.4. The van der Waals surface area contributed by atoms with Gasteiger partial charge in [-0.05, 0) is 48.2 Å². The molecule has 0 spiro atoms. The second kappa shape index (κ2) is 10.1. The maximum absolute atomic E-state index is 12.2. The van der Waals surface area contributed by atoms with Gasteiger partial charge in [0.2, 0.25) is 5.91 Å². The standard InChI is InChI=1S/C21H24N2O4/c1-2-3-4-15-5-7-16(8-6-15)13-19(24)23-18-11-9-17(10-12-18)21(27)22-14-20(25)26/h5-12H,2-4,13-14H2,1H3,(H,22,27)(H,23,24)(H,25,26). The number of anilines is 1. The van der Waals surface area contributed by atoms with Crippen LogP contribution in [0.3, 0.4) is 0 Å². The van der Waals surface area contributed by atoms with Crippen molar-refractivity contribution < 1.29 is 19.5 Å². The van der Waals surface area contributed by atoms with Crippen molar-refractivity contribution in [1.82, 2.24) is 5.32 Å². The zero-order valence-electron chi connectivity index (χ0n) is 15.3. The SMILES string of the molecule is CCCCc1ccc(CC(=O)Nc2ccc(C(=O)NCC(=O)O)cc2)cc1. The highest BCUT2D eigenvalue weighted by molar-refractivity contribution is 5.97. The molecule has 0 atom stereocenters. The van der Waals surface area contributed by atoms with E-state index < -0.39 is 18.4 Å². The Morgan fingerprint density at radius 2 is 1.56 bits per heavy atom. The Morgan fingerprint density at radius 1 is 0.926 bits per heavy atom. The minimum atomic E-state index is -1.11. The van der Waals surface area contributed by atoms with Gasteiger partial charge in [-0.15, -0.1) is 0 Å². The van der Waals surface area contributed by atoms with Crippen LogP contribution in [0.5, 0.6) is 0 Å². The molecule has 0 aliphatic heterocycles. The molecule has 0 aromatic heterocycles. The number of carbonyl (C=O) groups excluding carboxylic acids is 2. The van der Waals surface area contributed by atoms with Gasteiger partial charge in [-0.1, -0.05) is 37.6 Å². The highest BCUT2D eigenvalue weighted by atomic mass is 16.4. The number of carbonyl (C=O) groups is 3. The summed E-state index contributed by atoms with van der Waals surface area (Å²) < 4.78 is 0. The Kier molecular flexibility index (Phi) is 7.55. The summed E-state index contributed by atoms with van der Waals surface area (Å²) in [7, 11) is 0. The van der Waals surface area contributed by atoms with E-state index >= 15 is 0 Å². The van der Waals surface area contributed by atoms with Crippen molar-refractivity contribution in [3.8, 4) is 0 Å². The largest absolute Gasteiger partial charge is 0.480 e. The number of aryl methyl sites for hydroxylation is 1. The third-order valence-corrected chi connectivity index (χ3v) is 4.04. The van der Waals surface area contributed by atoms with Crippen LogP contribution >= 0.6 is 0 Å². The molecule has 0 aliphatic rings. The quantitative estimate of drug-likeness (QED) is 0.634. The maximum Gasteiger partial charge on any atom is 0.322 e. The lowest BCUT2D eigenvalue weighted by molar-refractivity contribution is -0.135. The minimum Gasteiger partial charge on any atom is -0.480 e. The first kappa shape index (κ1) is 20.2. The van der Waals surface area contributed by atoms with Gasteiger partial charge in [0.15, 0.2) is 0 Å². The maximum atomic E-state index is 12.2. The predicted molar refractivity (Wildman–Crippen MR) is 104 cm³/mol. The van der Waals surface area contributed by atoms with Crippen molar-refractivity contribution in [3.05, 3.63) is 65.2 Å². The van der Waals surface area contributed by atoms with Crippen LogP contribution in [0.2, 0.25) is 0 Å². The molecule has 6 nitrogen and oxygen atoms in total. The van der Waals surface area contributed by atoms with Gasteiger partial charge in [-0.2, -0.15) is 0 Å². The zero-order valence-corrected chi connectivity index (χ0v) is 15.3. The summed E-state index contributed by atoms with van der Waals surface area (Å²) in [5.41, 5.74) is 3.13. The number of hydrogen-bond acceptors (Lipinski definition) is 3. The molecule has 2 rings (SSSR count). The Hall–Kier alpha value is -3.15. The lowest BCUT2D eigenvalue weighted by atomic mass is 10.0. The molecule has 0 bridgehead atoms. The molecule has 0 fully saturated rings. The van der Waals surface area contributed by atoms with Crippen LogP contribution in [-0.4, -0.2) is 29.4 Å². The van der Waals surface area contributed by atoms with E-state index in [0.29, 0.717) is 11.3 Å². The fourth-order valence-corrected chi connectivity index (χ4v) is 2.56. The van der Waals surface area contributed by atoms with E-state index in [9.17, 15) is 14.4 Å². The van der Waals surface area contributed by atoms with Crippen molar-refractivity contribution in [2.24, 2.45) is 0 Å². The molecule has 0 radical (unpaired) electrons. The van der Waals surface area contributed by atoms with E-state index in [1.54, 1.807) is 12.1 Å². The molecule has 6 heteroatoms. The highest BCUT2D eigenvalue weighted by Gasteiger charge is 2.08. The Morgan fingerprint density at radius 3 is 2.15 bits per heavy atom. The van der Waals surface area contributed by atoms with Gasteiger partial charge in [0, 0.05) is 11.3 Å². The third kappa shape index (κ3) is 6.93. The van der Waals surface area contributed by atoms with Crippen molar-refractivity contribution in [1.29, 1.82) is 0 Å². The van der Waals surface area contributed by atoms with Gasteiger partial charge in [-0.25, -0.2) is 0 Å². The summed E-state index contributed by atoms with van der Waals surface area (Å²) in [5, 5.41) is 13.6. The van der Waals surface area contributed by atoms with Crippen LogP contribution in [0.4, 0.5) is 5.69 Å². The smallest absolute Gasteiger partial charge is 0.322 e. The number of hydrogen-bond donors (Lipinski definition) is 3. The number of carboxylic acid groups (broad SMARTS) is 1. The lowest BCUT2D eigenvalue weighted by Crippen LogP contribution is -2.29. The number of benzene rings is 2. The third-order valence-electron chi connectivity index (χ3n) is 4.04. The monoisotopic (exact) mass is 368 g/mol. The van der Waals surface area contributed by atoms with Gasteiger partial charge in [-0.3, -0.25) is 14.4 Å². The normalized spacial score (nSPS) is 10.3. The van der Waals surface area contributed by atoms with E-state index in [2.05, 4.69) is 29.7 Å². The lowest BCUT2D eigenvalue weighted by Gasteiger charge is -2.08. The molecular weight excluding hydrogens is 344 g/mol. The molecular formula is C21H24N2O4. The molecule has 142 valence electrons. The van der Waals surface area contributed by atoms with E-state index in [-0.39, 0.29) is 12.3 Å². The van der Waals surface area contributed by atoms with E-state index in [4.69, 9.17) is 5.11 Å². The predicted octanol–water partition coefficient (Wildman–Crippen LogP) is 3.02. The minimum absolute atomic E-state index is 0.139. The second-order valence-electron chi connectivity index (χ2n) is 6.30. The second-order valence-corrected chi connectivity index (χ2v) is 6.30. The first-order valence-corrected chi connectivity index (χ1v) is 8.95. The van der Waals surface area contributed by atoms with Gasteiger partial charge >= 0.3 is 5.97 Å². The molecule has 27 heavy (non-hydrogen) atoms. The van der Waals surface area contributed by atoms with Crippen LogP contribution in [0.15, 0.2) is 48.5 Å². The Bertz CT molecular complexity index is 783. The molecule has 0 heterocycles. The topological polar surface area (TPSA) is 95.5 Å². The first-order chi connectivity index (χ1) is 13.0. The van der Waals surface area contributed by atoms with Crippen LogP contribution in [-0.2, 0) is 22.4 Å². The fraction of sp³-hybridized carbons (Fsp3) is 0.286. The van der Waals surface area contributed by atoms with Gasteiger partial charge < -0.3 is 15.7 Å². The van der Waals surface area contributed by atoms with Crippen LogP contribution in [0, 0.1) is 0 Å². The molecule has 2 aromatic carbocycles. The molecule has 2 amide bonds. The summed E-state index contributed by atoms with van der Waals surface area (Å²) in [5.74, 6) is -1.72. The van der Waals surface area contributed by atoms with Gasteiger partial charge in [0.1, 0.15) is 6.54 Å². The Labute approximate surface area is 158 Å². The number of rotatable bonds is 9. The number of aliphatic carboxylic acids is 1. The van der Waals surface area contributed by atoms with Crippen LogP contribution < -0.4 is 10.6 Å². The fourth-order valence-electron chi connectivity index (χ4n) is 2.56. The van der Waals surface area contributed by atoms with Crippen LogP contribution in [0.25, 0.3) is 0 Å². The molecule has 3 N–H and O–H groups in total. The number of nitrogens with one attached hydrogen (secondary N) is 2. The first-order valence-electron chi connectivity index (χ1n) is 8.95. The van der Waals surface area contributed by atoms with Gasteiger partial charge in [0.25, 0.3) is 5.91 Å². The molecule has 0 saturated heterocycles. The summed E-state index contributed by atoms with van der Waals surface area (Å²) in [6.45, 7) is 1.72. The summed E-state index contributed by atoms with van der Waals surface area (Å²) in [6.07, 6.45) is 3.64. The number of unbranched alkanes of at least 4 members (excludes halogenated alkanes) is 1. The molecule has 2 aromatic rings. The van der Waals surface area contributed by atoms with Crippen LogP contribution in [0.1, 0.15) is 41.3 Å². The van der Waals surface area contributed by atoms with E-state index in [0.717, 1.165) is 24.8 Å². The summed E-state index contributed by atoms with van der Waals surface area (Å²) in [4.78, 5) is 34.4.